The number of nitrogens with zero attached hydrogens (tertiary/aromatic N) is 1. The lowest BCUT2D eigenvalue weighted by molar-refractivity contribution is -0.132. The van der Waals surface area contributed by atoms with Gasteiger partial charge in [-0.3, -0.25) is 14.5 Å². The number of amides is 1. The molecule has 1 amide bonds. The van der Waals surface area contributed by atoms with E-state index in [4.69, 9.17) is 16.3 Å². The van der Waals surface area contributed by atoms with Crippen molar-refractivity contribution >= 4 is 62.0 Å². The number of anilines is 1. The Morgan fingerprint density at radius 3 is 2.50 bits per heavy atom. The fraction of sp³-hybridized carbons (Fsp3) is 0.0909. The van der Waals surface area contributed by atoms with Crippen molar-refractivity contribution in [2.24, 2.45) is 0 Å². The smallest absolute Gasteiger partial charge is 0.300 e. The van der Waals surface area contributed by atoms with Crippen LogP contribution in [0.2, 0.25) is 5.02 Å². The summed E-state index contributed by atoms with van der Waals surface area (Å²) in [6, 6.07) is 14.6. The highest BCUT2D eigenvalue weighted by Crippen LogP contribution is 2.44. The Hall–Kier alpha value is -2.61. The number of methoxy groups -OCH3 is 1. The van der Waals surface area contributed by atoms with E-state index < -0.39 is 17.7 Å². The molecule has 1 fully saturated rings. The Kier molecular flexibility index (Phi) is 5.69. The molecule has 1 saturated heterocycles. The van der Waals surface area contributed by atoms with Crippen molar-refractivity contribution in [2.45, 2.75) is 6.04 Å². The third-order valence-electron chi connectivity index (χ3n) is 4.79. The molecule has 0 radical (unpaired) electrons. The van der Waals surface area contributed by atoms with Gasteiger partial charge in [0.05, 0.1) is 17.2 Å². The molecule has 0 bridgehead atoms. The van der Waals surface area contributed by atoms with Crippen molar-refractivity contribution in [3.63, 3.8) is 0 Å². The van der Waals surface area contributed by atoms with Crippen LogP contribution in [0.3, 0.4) is 0 Å². The molecule has 1 aliphatic rings. The average Bonchev–Trinajstić information content (AvgIpc) is 3.35. The second-order valence-electron chi connectivity index (χ2n) is 6.51. The van der Waals surface area contributed by atoms with E-state index in [-0.39, 0.29) is 11.3 Å². The molecule has 4 rings (SSSR count). The van der Waals surface area contributed by atoms with Gasteiger partial charge in [0.25, 0.3) is 11.7 Å². The maximum atomic E-state index is 13.0. The topological polar surface area (TPSA) is 66.8 Å². The number of hydrogen-bond donors (Lipinski definition) is 1. The zero-order chi connectivity index (χ0) is 21.4. The van der Waals surface area contributed by atoms with Gasteiger partial charge in [0.2, 0.25) is 0 Å². The Morgan fingerprint density at radius 2 is 1.90 bits per heavy atom. The first kappa shape index (κ1) is 20.7. The van der Waals surface area contributed by atoms with E-state index in [0.29, 0.717) is 26.5 Å². The standard InChI is InChI=1S/C22H15BrClNO4S/c1-29-16-9-4-12(11-15(16)23)20(26)18-19(17-3-2-10-30-17)25(22(28)21(18)27)14-7-5-13(24)6-8-14/h2-11,19,26H,1H3/b20-18-. The zero-order valence-electron chi connectivity index (χ0n) is 15.6. The molecular weight excluding hydrogens is 490 g/mol. The van der Waals surface area contributed by atoms with Crippen molar-refractivity contribution < 1.29 is 19.4 Å². The van der Waals surface area contributed by atoms with Crippen LogP contribution in [0.4, 0.5) is 5.69 Å². The van der Waals surface area contributed by atoms with Gasteiger partial charge >= 0.3 is 0 Å². The van der Waals surface area contributed by atoms with Crippen LogP contribution in [0.15, 0.2) is 70.0 Å². The van der Waals surface area contributed by atoms with Gasteiger partial charge in [0.1, 0.15) is 17.6 Å². The van der Waals surface area contributed by atoms with Crippen LogP contribution in [-0.4, -0.2) is 23.9 Å². The summed E-state index contributed by atoms with van der Waals surface area (Å²) in [5.74, 6) is -1.10. The fourth-order valence-corrected chi connectivity index (χ4v) is 4.88. The van der Waals surface area contributed by atoms with Gasteiger partial charge in [0, 0.05) is 21.2 Å². The minimum absolute atomic E-state index is 0.0365. The van der Waals surface area contributed by atoms with Gasteiger partial charge in [-0.25, -0.2) is 0 Å². The lowest BCUT2D eigenvalue weighted by atomic mass is 9.99. The molecule has 152 valence electrons. The highest BCUT2D eigenvalue weighted by atomic mass is 79.9. The maximum Gasteiger partial charge on any atom is 0.300 e. The number of carbonyl (C=O) groups excluding carboxylic acids is 2. The summed E-state index contributed by atoms with van der Waals surface area (Å²) in [5, 5.41) is 13.5. The van der Waals surface area contributed by atoms with Crippen molar-refractivity contribution in [2.75, 3.05) is 12.0 Å². The number of carbonyl (C=O) groups is 2. The fourth-order valence-electron chi connectivity index (χ4n) is 3.39. The van der Waals surface area contributed by atoms with Crippen LogP contribution in [0, 0.1) is 0 Å². The highest BCUT2D eigenvalue weighted by molar-refractivity contribution is 9.10. The number of benzene rings is 2. The molecule has 30 heavy (non-hydrogen) atoms. The van der Waals surface area contributed by atoms with Gasteiger partial charge in [-0.05, 0) is 69.8 Å². The Bertz CT molecular complexity index is 1160. The van der Waals surface area contributed by atoms with Crippen LogP contribution in [0.5, 0.6) is 5.75 Å². The molecule has 5 nitrogen and oxygen atoms in total. The lowest BCUT2D eigenvalue weighted by Gasteiger charge is -2.24. The largest absolute Gasteiger partial charge is 0.507 e. The number of aliphatic hydroxyl groups is 1. The zero-order valence-corrected chi connectivity index (χ0v) is 18.8. The predicted octanol–water partition coefficient (Wildman–Crippen LogP) is 5.80. The molecule has 0 aliphatic carbocycles. The first-order valence-corrected chi connectivity index (χ1v) is 10.9. The van der Waals surface area contributed by atoms with Gasteiger partial charge in [-0.1, -0.05) is 17.7 Å². The number of aliphatic hydroxyl groups excluding tert-OH is 1. The minimum Gasteiger partial charge on any atom is -0.507 e. The van der Waals surface area contributed by atoms with Crippen molar-refractivity contribution in [3.8, 4) is 5.75 Å². The minimum atomic E-state index is -0.743. The summed E-state index contributed by atoms with van der Waals surface area (Å²) in [6.07, 6.45) is 0. The summed E-state index contributed by atoms with van der Waals surface area (Å²) in [6.45, 7) is 0. The lowest BCUT2D eigenvalue weighted by Crippen LogP contribution is -2.29. The summed E-state index contributed by atoms with van der Waals surface area (Å²) in [5.41, 5.74) is 0.961. The monoisotopic (exact) mass is 503 g/mol. The number of halogens is 2. The first-order chi connectivity index (χ1) is 14.4. The van der Waals surface area contributed by atoms with E-state index in [1.807, 2.05) is 17.5 Å². The number of ketones is 1. The van der Waals surface area contributed by atoms with E-state index in [2.05, 4.69) is 15.9 Å². The molecule has 0 spiro atoms. The van der Waals surface area contributed by atoms with Gasteiger partial charge in [-0.15, -0.1) is 11.3 Å². The van der Waals surface area contributed by atoms with Gasteiger partial charge in [0.15, 0.2) is 0 Å². The van der Waals surface area contributed by atoms with Crippen molar-refractivity contribution in [1.29, 1.82) is 0 Å². The Labute approximate surface area is 190 Å². The highest BCUT2D eigenvalue weighted by Gasteiger charge is 2.47. The SMILES string of the molecule is COc1ccc(/C(O)=C2/C(=O)C(=O)N(c3ccc(Cl)cc3)C2c2cccs2)cc1Br. The number of rotatable bonds is 4. The Balaban J connectivity index is 1.90. The van der Waals surface area contributed by atoms with Gasteiger partial charge in [-0.2, -0.15) is 0 Å². The number of hydrogen-bond acceptors (Lipinski definition) is 5. The molecule has 3 aromatic rings. The molecule has 0 saturated carbocycles. The third kappa shape index (κ3) is 3.53. The number of ether oxygens (including phenoxy) is 1. The molecule has 2 heterocycles. The van der Waals surface area contributed by atoms with E-state index in [1.54, 1.807) is 42.5 Å². The van der Waals surface area contributed by atoms with Gasteiger partial charge < -0.3 is 9.84 Å². The number of thiophene rings is 1. The molecule has 1 N–H and O–H groups in total. The second-order valence-corrected chi connectivity index (χ2v) is 8.78. The molecule has 1 aromatic heterocycles. The molecule has 8 heteroatoms. The predicted molar refractivity (Wildman–Crippen MR) is 121 cm³/mol. The third-order valence-corrected chi connectivity index (χ3v) is 6.58. The van der Waals surface area contributed by atoms with Crippen LogP contribution in [-0.2, 0) is 9.59 Å². The van der Waals surface area contributed by atoms with E-state index in [0.717, 1.165) is 4.88 Å². The van der Waals surface area contributed by atoms with Crippen LogP contribution < -0.4 is 9.64 Å². The molecule has 1 atom stereocenters. The molecular formula is C22H15BrClNO4S. The molecule has 2 aromatic carbocycles. The summed E-state index contributed by atoms with van der Waals surface area (Å²) in [7, 11) is 1.54. The summed E-state index contributed by atoms with van der Waals surface area (Å²) >= 11 is 10.8. The average molecular weight is 505 g/mol. The Morgan fingerprint density at radius 1 is 1.17 bits per heavy atom. The van der Waals surface area contributed by atoms with Crippen molar-refractivity contribution in [3.05, 3.63) is 85.5 Å². The van der Waals surface area contributed by atoms with E-state index in [9.17, 15) is 14.7 Å². The first-order valence-electron chi connectivity index (χ1n) is 8.86. The maximum absolute atomic E-state index is 13.0. The van der Waals surface area contributed by atoms with E-state index >= 15 is 0 Å². The van der Waals surface area contributed by atoms with Crippen LogP contribution in [0.25, 0.3) is 5.76 Å². The number of Topliss-reactive ketones (excluding diaryl/α,β-unsaturated/α-hetero) is 1. The van der Waals surface area contributed by atoms with Crippen LogP contribution in [0.1, 0.15) is 16.5 Å². The molecule has 1 aliphatic heterocycles. The normalized spacial score (nSPS) is 18.1. The van der Waals surface area contributed by atoms with Crippen LogP contribution >= 0.6 is 38.9 Å². The summed E-state index contributed by atoms with van der Waals surface area (Å²) < 4.78 is 5.84. The molecule has 1 unspecified atom stereocenters. The summed E-state index contributed by atoms with van der Waals surface area (Å²) in [4.78, 5) is 28.2. The quantitative estimate of drug-likeness (QED) is 0.277. The van der Waals surface area contributed by atoms with Crippen molar-refractivity contribution in [1.82, 2.24) is 0 Å². The van der Waals surface area contributed by atoms with E-state index in [1.165, 1.54) is 23.3 Å². The second kappa shape index (κ2) is 8.26.